The minimum atomic E-state index is -4.51. The maximum Gasteiger partial charge on any atom is 0.433 e. The molecule has 0 unspecified atom stereocenters. The van der Waals surface area contributed by atoms with Gasteiger partial charge in [0.05, 0.1) is 12.2 Å². The maximum atomic E-state index is 12.8. The standard InChI is InChI=1S/C22H23F3N6/c1-15-4-2-5-18(10-15)30-19-6-3-7-20(11-19)31(27)14-16(26)13-29-17-8-9-28-21(12-17)22(23,24)25/h2-12,14,30H,13,26-27H2,1H3,(H,28,29)/b16-14-. The van der Waals surface area contributed by atoms with Gasteiger partial charge in [0.2, 0.25) is 0 Å². The van der Waals surface area contributed by atoms with Crippen LogP contribution in [0.3, 0.4) is 0 Å². The van der Waals surface area contributed by atoms with Crippen LogP contribution < -0.4 is 27.2 Å². The molecule has 0 radical (unpaired) electrons. The second-order valence-corrected chi connectivity index (χ2v) is 6.94. The first-order valence-electron chi connectivity index (χ1n) is 9.42. The molecule has 3 rings (SSSR count). The number of halogens is 3. The third-order valence-electron chi connectivity index (χ3n) is 4.30. The lowest BCUT2D eigenvalue weighted by molar-refractivity contribution is -0.141. The van der Waals surface area contributed by atoms with E-state index in [4.69, 9.17) is 11.6 Å². The predicted octanol–water partition coefficient (Wildman–Crippen LogP) is 4.74. The van der Waals surface area contributed by atoms with E-state index in [1.807, 2.05) is 55.5 Å². The fraction of sp³-hybridized carbons (Fsp3) is 0.136. The Bertz CT molecular complexity index is 1060. The van der Waals surface area contributed by atoms with Gasteiger partial charge < -0.3 is 16.4 Å². The van der Waals surface area contributed by atoms with Crippen molar-refractivity contribution in [3.05, 3.63) is 90.0 Å². The van der Waals surface area contributed by atoms with E-state index in [-0.39, 0.29) is 12.2 Å². The van der Waals surface area contributed by atoms with Crippen molar-refractivity contribution in [1.29, 1.82) is 0 Å². The smallest absolute Gasteiger partial charge is 0.399 e. The number of rotatable bonds is 7. The molecule has 0 saturated heterocycles. The first-order valence-corrected chi connectivity index (χ1v) is 9.42. The molecule has 0 fully saturated rings. The number of hydrazine groups is 1. The average Bonchev–Trinajstić information content (AvgIpc) is 2.72. The molecule has 9 heteroatoms. The van der Waals surface area contributed by atoms with Crippen LogP contribution in [0.1, 0.15) is 11.3 Å². The van der Waals surface area contributed by atoms with Crippen LogP contribution in [0.25, 0.3) is 0 Å². The number of pyridine rings is 1. The summed E-state index contributed by atoms with van der Waals surface area (Å²) < 4.78 is 38.3. The summed E-state index contributed by atoms with van der Waals surface area (Å²) in [7, 11) is 0. The highest BCUT2D eigenvalue weighted by molar-refractivity contribution is 5.65. The van der Waals surface area contributed by atoms with Crippen LogP contribution in [0.2, 0.25) is 0 Å². The first kappa shape index (κ1) is 22.0. The van der Waals surface area contributed by atoms with Crippen LogP contribution in [0.5, 0.6) is 0 Å². The first-order chi connectivity index (χ1) is 14.7. The molecular formula is C22H23F3N6. The highest BCUT2D eigenvalue weighted by Gasteiger charge is 2.32. The number of alkyl halides is 3. The topological polar surface area (TPSA) is 92.2 Å². The van der Waals surface area contributed by atoms with Crippen molar-refractivity contribution in [3.63, 3.8) is 0 Å². The monoisotopic (exact) mass is 428 g/mol. The van der Waals surface area contributed by atoms with Gasteiger partial charge in [0.1, 0.15) is 5.69 Å². The SMILES string of the molecule is Cc1cccc(Nc2cccc(N(N)/C=C(\N)CNc3ccnc(C(F)(F)F)c3)c2)c1. The fourth-order valence-corrected chi connectivity index (χ4v) is 2.83. The van der Waals surface area contributed by atoms with E-state index >= 15 is 0 Å². The van der Waals surface area contributed by atoms with E-state index in [1.54, 1.807) is 0 Å². The van der Waals surface area contributed by atoms with Gasteiger partial charge in [-0.3, -0.25) is 9.99 Å². The second-order valence-electron chi connectivity index (χ2n) is 6.94. The zero-order valence-corrected chi connectivity index (χ0v) is 16.8. The summed E-state index contributed by atoms with van der Waals surface area (Å²) in [6, 6.07) is 17.8. The third kappa shape index (κ3) is 6.38. The second kappa shape index (κ2) is 9.40. The van der Waals surface area contributed by atoms with E-state index in [2.05, 4.69) is 15.6 Å². The van der Waals surface area contributed by atoms with E-state index in [1.165, 1.54) is 17.3 Å². The Morgan fingerprint density at radius 1 is 1.03 bits per heavy atom. The van der Waals surface area contributed by atoms with E-state index < -0.39 is 11.9 Å². The lowest BCUT2D eigenvalue weighted by Gasteiger charge is -2.17. The highest BCUT2D eigenvalue weighted by atomic mass is 19.4. The number of hydrogen-bond donors (Lipinski definition) is 4. The number of benzene rings is 2. The Morgan fingerprint density at radius 3 is 2.45 bits per heavy atom. The predicted molar refractivity (Wildman–Crippen MR) is 118 cm³/mol. The quantitative estimate of drug-likeness (QED) is 0.321. The number of nitrogens with one attached hydrogen (secondary N) is 2. The third-order valence-corrected chi connectivity index (χ3v) is 4.30. The Kier molecular flexibility index (Phi) is 6.66. The Morgan fingerprint density at radius 2 is 1.74 bits per heavy atom. The molecule has 162 valence electrons. The molecule has 1 heterocycles. The Balaban J connectivity index is 1.64. The van der Waals surface area contributed by atoms with Gasteiger partial charge in [-0.1, -0.05) is 18.2 Å². The van der Waals surface area contributed by atoms with Crippen molar-refractivity contribution < 1.29 is 13.2 Å². The number of nitrogens with two attached hydrogens (primary N) is 2. The maximum absolute atomic E-state index is 12.8. The summed E-state index contributed by atoms with van der Waals surface area (Å²) in [4.78, 5) is 3.32. The molecule has 6 N–H and O–H groups in total. The molecule has 6 nitrogen and oxygen atoms in total. The van der Waals surface area contributed by atoms with Crippen LogP contribution in [-0.2, 0) is 6.18 Å². The fourth-order valence-electron chi connectivity index (χ4n) is 2.83. The van der Waals surface area contributed by atoms with Gasteiger partial charge in [-0.05, 0) is 55.0 Å². The highest BCUT2D eigenvalue weighted by Crippen LogP contribution is 2.28. The molecular weight excluding hydrogens is 405 g/mol. The summed E-state index contributed by atoms with van der Waals surface area (Å²) in [6.07, 6.45) is -1.91. The van der Waals surface area contributed by atoms with Crippen LogP contribution in [0.4, 0.5) is 35.9 Å². The number of aromatic nitrogens is 1. The van der Waals surface area contributed by atoms with Crippen LogP contribution >= 0.6 is 0 Å². The van der Waals surface area contributed by atoms with Gasteiger partial charge in [-0.2, -0.15) is 13.2 Å². The molecule has 0 aliphatic rings. The van der Waals surface area contributed by atoms with Crippen molar-refractivity contribution >= 4 is 22.7 Å². The Hall–Kier alpha value is -3.72. The molecule has 0 saturated carbocycles. The zero-order valence-electron chi connectivity index (χ0n) is 16.8. The summed E-state index contributed by atoms with van der Waals surface area (Å²) in [5.74, 6) is 6.10. The Labute approximate surface area is 178 Å². The molecule has 0 atom stereocenters. The van der Waals surface area contributed by atoms with Crippen molar-refractivity contribution in [2.45, 2.75) is 13.1 Å². The van der Waals surface area contributed by atoms with Crippen LogP contribution in [0.15, 0.2) is 78.8 Å². The van der Waals surface area contributed by atoms with Crippen molar-refractivity contribution in [3.8, 4) is 0 Å². The molecule has 0 amide bonds. The molecule has 0 aliphatic heterocycles. The van der Waals surface area contributed by atoms with Gasteiger partial charge in [0, 0.05) is 35.2 Å². The molecule has 0 spiro atoms. The number of hydrogen-bond acceptors (Lipinski definition) is 6. The van der Waals surface area contributed by atoms with Gasteiger partial charge in [0.25, 0.3) is 0 Å². The van der Waals surface area contributed by atoms with Gasteiger partial charge >= 0.3 is 6.18 Å². The molecule has 0 bridgehead atoms. The lowest BCUT2D eigenvalue weighted by atomic mass is 10.2. The summed E-state index contributed by atoms with van der Waals surface area (Å²) >= 11 is 0. The van der Waals surface area contributed by atoms with Crippen LogP contribution in [-0.4, -0.2) is 11.5 Å². The van der Waals surface area contributed by atoms with Gasteiger partial charge in [-0.15, -0.1) is 0 Å². The van der Waals surface area contributed by atoms with Crippen molar-refractivity contribution in [2.75, 3.05) is 22.2 Å². The molecule has 1 aromatic heterocycles. The minimum Gasteiger partial charge on any atom is -0.399 e. The molecule has 2 aromatic carbocycles. The zero-order chi connectivity index (χ0) is 22.4. The van der Waals surface area contributed by atoms with Gasteiger partial charge in [-0.25, -0.2) is 5.84 Å². The molecule has 0 aliphatic carbocycles. The van der Waals surface area contributed by atoms with Crippen molar-refractivity contribution in [2.24, 2.45) is 11.6 Å². The van der Waals surface area contributed by atoms with E-state index in [0.29, 0.717) is 11.4 Å². The molecule has 3 aromatic rings. The average molecular weight is 428 g/mol. The van der Waals surface area contributed by atoms with Gasteiger partial charge in [0.15, 0.2) is 0 Å². The van der Waals surface area contributed by atoms with E-state index in [0.717, 1.165) is 29.2 Å². The summed E-state index contributed by atoms with van der Waals surface area (Å²) in [5.41, 5.74) is 9.23. The van der Waals surface area contributed by atoms with Crippen molar-refractivity contribution in [1.82, 2.24) is 4.98 Å². The largest absolute Gasteiger partial charge is 0.433 e. The normalized spacial score (nSPS) is 11.8. The van der Waals surface area contributed by atoms with E-state index in [9.17, 15) is 13.2 Å². The van der Waals surface area contributed by atoms with Crippen LogP contribution in [0, 0.1) is 6.92 Å². The lowest BCUT2D eigenvalue weighted by Crippen LogP contribution is -2.27. The molecule has 31 heavy (non-hydrogen) atoms. The number of anilines is 4. The minimum absolute atomic E-state index is 0.107. The summed E-state index contributed by atoms with van der Waals surface area (Å²) in [5, 5.41) is 7.50. The number of nitrogens with zero attached hydrogens (tertiary/aromatic N) is 2. The number of aryl methyl sites for hydroxylation is 1. The summed E-state index contributed by atoms with van der Waals surface area (Å²) in [6.45, 7) is 2.12.